The van der Waals surface area contributed by atoms with Crippen molar-refractivity contribution in [2.75, 3.05) is 6.61 Å². The van der Waals surface area contributed by atoms with Crippen LogP contribution in [0.25, 0.3) is 0 Å². The number of epoxide rings is 1. The molecule has 1 aliphatic carbocycles. The van der Waals surface area contributed by atoms with Crippen LogP contribution in [0, 0.1) is 0 Å². The van der Waals surface area contributed by atoms with Crippen LogP contribution in [-0.4, -0.2) is 41.4 Å². The van der Waals surface area contributed by atoms with Gasteiger partial charge in [0.2, 0.25) is 0 Å². The Morgan fingerprint density at radius 1 is 1.58 bits per heavy atom. The van der Waals surface area contributed by atoms with E-state index in [2.05, 4.69) is 0 Å². The molecule has 2 heterocycles. The molecule has 1 saturated carbocycles. The van der Waals surface area contributed by atoms with E-state index in [0.29, 0.717) is 19.4 Å². The highest BCUT2D eigenvalue weighted by molar-refractivity contribution is 5.88. The van der Waals surface area contributed by atoms with Crippen LogP contribution in [0.1, 0.15) is 12.8 Å². The van der Waals surface area contributed by atoms with E-state index < -0.39 is 5.60 Å². The minimum atomic E-state index is -0.863. The van der Waals surface area contributed by atoms with E-state index in [1.54, 1.807) is 0 Å². The van der Waals surface area contributed by atoms with Gasteiger partial charge in [0.15, 0.2) is 5.78 Å². The average molecular weight is 170 g/mol. The van der Waals surface area contributed by atoms with E-state index in [1.165, 1.54) is 0 Å². The van der Waals surface area contributed by atoms with Crippen molar-refractivity contribution in [2.45, 2.75) is 36.8 Å². The molecular formula is C8H10O4. The Morgan fingerprint density at radius 3 is 3.25 bits per heavy atom. The zero-order valence-electron chi connectivity index (χ0n) is 6.53. The van der Waals surface area contributed by atoms with Crippen molar-refractivity contribution in [1.82, 2.24) is 0 Å². The van der Waals surface area contributed by atoms with Gasteiger partial charge in [-0.05, 0) is 0 Å². The minimum absolute atomic E-state index is 0.0802. The molecule has 12 heavy (non-hydrogen) atoms. The largest absolute Gasteiger partial charge is 0.384 e. The fraction of sp³-hybridized carbons (Fsp3) is 0.875. The number of carbonyl (C=O) groups excluding carboxylic acids is 1. The van der Waals surface area contributed by atoms with Crippen LogP contribution in [0.4, 0.5) is 0 Å². The third kappa shape index (κ3) is 0.659. The number of ether oxygens (including phenoxy) is 2. The van der Waals surface area contributed by atoms with Crippen LogP contribution in [0.3, 0.4) is 0 Å². The number of rotatable bonds is 0. The molecule has 4 heteroatoms. The van der Waals surface area contributed by atoms with Crippen molar-refractivity contribution < 1.29 is 19.4 Å². The zero-order chi connectivity index (χ0) is 8.34. The Balaban J connectivity index is 1.95. The van der Waals surface area contributed by atoms with Crippen molar-refractivity contribution in [1.29, 1.82) is 0 Å². The van der Waals surface area contributed by atoms with E-state index in [4.69, 9.17) is 9.47 Å². The van der Waals surface area contributed by atoms with Crippen LogP contribution in [0.5, 0.6) is 0 Å². The fourth-order valence-electron chi connectivity index (χ4n) is 2.27. The Labute approximate surface area is 69.5 Å². The summed E-state index contributed by atoms with van der Waals surface area (Å²) in [6.45, 7) is 0.543. The maximum absolute atomic E-state index is 11.2. The molecule has 66 valence electrons. The molecule has 0 amide bonds. The maximum atomic E-state index is 11.2. The average Bonchev–Trinajstić information content (AvgIpc) is 2.75. The van der Waals surface area contributed by atoms with Gasteiger partial charge in [-0.1, -0.05) is 0 Å². The second-order valence-corrected chi connectivity index (χ2v) is 3.75. The summed E-state index contributed by atoms with van der Waals surface area (Å²) < 4.78 is 10.4. The van der Waals surface area contributed by atoms with Crippen molar-refractivity contribution >= 4 is 5.78 Å². The van der Waals surface area contributed by atoms with Gasteiger partial charge in [-0.15, -0.1) is 0 Å². The highest BCUT2D eigenvalue weighted by atomic mass is 16.6. The first kappa shape index (κ1) is 7.00. The lowest BCUT2D eigenvalue weighted by atomic mass is 9.81. The highest BCUT2D eigenvalue weighted by Gasteiger charge is 2.66. The summed E-state index contributed by atoms with van der Waals surface area (Å²) in [5, 5.41) is 10.0. The minimum Gasteiger partial charge on any atom is -0.384 e. The van der Waals surface area contributed by atoms with Gasteiger partial charge in [0.05, 0.1) is 12.7 Å². The topological polar surface area (TPSA) is 59.1 Å². The molecule has 3 aliphatic rings. The standard InChI is InChI=1S/C8H10O4/c9-4-3-5-8(10,1-2-11-5)7-6(4)12-7/h5-7,10H,1-3H2/t5-,6-,7-,8+/m1/s1. The molecule has 3 fully saturated rings. The third-order valence-electron chi connectivity index (χ3n) is 3.07. The molecule has 0 aromatic heterocycles. The summed E-state index contributed by atoms with van der Waals surface area (Å²) in [5.41, 5.74) is -0.863. The van der Waals surface area contributed by atoms with Crippen LogP contribution in [-0.2, 0) is 14.3 Å². The van der Waals surface area contributed by atoms with Crippen LogP contribution in [0.15, 0.2) is 0 Å². The Kier molecular flexibility index (Phi) is 1.10. The predicted molar refractivity (Wildman–Crippen MR) is 37.6 cm³/mol. The van der Waals surface area contributed by atoms with Gasteiger partial charge < -0.3 is 14.6 Å². The number of hydrogen-bond donors (Lipinski definition) is 1. The summed E-state index contributed by atoms with van der Waals surface area (Å²) in [7, 11) is 0. The summed E-state index contributed by atoms with van der Waals surface area (Å²) >= 11 is 0. The summed E-state index contributed by atoms with van der Waals surface area (Å²) in [6, 6.07) is 0. The molecule has 2 saturated heterocycles. The smallest absolute Gasteiger partial charge is 0.167 e. The maximum Gasteiger partial charge on any atom is 0.167 e. The van der Waals surface area contributed by atoms with Gasteiger partial charge >= 0.3 is 0 Å². The summed E-state index contributed by atoms with van der Waals surface area (Å²) in [5.74, 6) is 0.0802. The van der Waals surface area contributed by atoms with Crippen LogP contribution >= 0.6 is 0 Å². The number of hydrogen-bond acceptors (Lipinski definition) is 4. The quantitative estimate of drug-likeness (QED) is 0.486. The highest BCUT2D eigenvalue weighted by Crippen LogP contribution is 2.47. The lowest BCUT2D eigenvalue weighted by molar-refractivity contribution is -0.129. The molecule has 0 radical (unpaired) electrons. The van der Waals surface area contributed by atoms with Crippen molar-refractivity contribution in [3.8, 4) is 0 Å². The van der Waals surface area contributed by atoms with Gasteiger partial charge in [0.1, 0.15) is 17.8 Å². The van der Waals surface area contributed by atoms with Crippen molar-refractivity contribution in [2.24, 2.45) is 0 Å². The molecular weight excluding hydrogens is 160 g/mol. The van der Waals surface area contributed by atoms with Gasteiger partial charge in [0.25, 0.3) is 0 Å². The van der Waals surface area contributed by atoms with Crippen LogP contribution in [0.2, 0.25) is 0 Å². The molecule has 0 aromatic carbocycles. The summed E-state index contributed by atoms with van der Waals surface area (Å²) in [4.78, 5) is 11.2. The molecule has 1 N–H and O–H groups in total. The van der Waals surface area contributed by atoms with Crippen molar-refractivity contribution in [3.63, 3.8) is 0 Å². The first-order valence-electron chi connectivity index (χ1n) is 4.24. The first-order valence-corrected chi connectivity index (χ1v) is 4.24. The molecule has 0 aromatic rings. The summed E-state index contributed by atoms with van der Waals surface area (Å²) in [6.07, 6.45) is 0.0111. The SMILES string of the molecule is O=C1C[C@H]2OCC[C@@]2(O)[C@@H]2O[C@H]12. The lowest BCUT2D eigenvalue weighted by Crippen LogP contribution is -2.50. The normalized spacial score (nSPS) is 56.4. The second-order valence-electron chi connectivity index (χ2n) is 3.75. The van der Waals surface area contributed by atoms with E-state index >= 15 is 0 Å². The number of Topliss-reactive ketones (excluding diaryl/α,β-unsaturated/α-hetero) is 1. The number of aliphatic hydroxyl groups is 1. The van der Waals surface area contributed by atoms with E-state index in [0.717, 1.165) is 0 Å². The third-order valence-corrected chi connectivity index (χ3v) is 3.07. The fourth-order valence-corrected chi connectivity index (χ4v) is 2.27. The molecule has 0 bridgehead atoms. The van der Waals surface area contributed by atoms with Gasteiger partial charge in [-0.2, -0.15) is 0 Å². The van der Waals surface area contributed by atoms with Gasteiger partial charge in [-0.25, -0.2) is 0 Å². The van der Waals surface area contributed by atoms with E-state index in [9.17, 15) is 9.90 Å². The number of ketones is 1. The number of carbonyl (C=O) groups is 1. The van der Waals surface area contributed by atoms with Gasteiger partial charge in [0, 0.05) is 12.8 Å². The lowest BCUT2D eigenvalue weighted by Gasteiger charge is -2.28. The Hall–Kier alpha value is -0.450. The number of fused-ring (bicyclic) bond motifs is 3. The molecule has 0 unspecified atom stereocenters. The first-order chi connectivity index (χ1) is 5.72. The second kappa shape index (κ2) is 1.89. The molecule has 3 rings (SSSR count). The van der Waals surface area contributed by atoms with E-state index in [1.807, 2.05) is 0 Å². The monoisotopic (exact) mass is 170 g/mol. The molecule has 0 spiro atoms. The molecule has 4 atom stereocenters. The Morgan fingerprint density at radius 2 is 2.42 bits per heavy atom. The Bertz CT molecular complexity index is 251. The van der Waals surface area contributed by atoms with E-state index in [-0.39, 0.29) is 24.1 Å². The molecule has 4 nitrogen and oxygen atoms in total. The van der Waals surface area contributed by atoms with Gasteiger partial charge in [-0.3, -0.25) is 4.79 Å². The predicted octanol–water partition coefficient (Wildman–Crippen LogP) is -0.753. The van der Waals surface area contributed by atoms with Crippen molar-refractivity contribution in [3.05, 3.63) is 0 Å². The van der Waals surface area contributed by atoms with Crippen LogP contribution < -0.4 is 0 Å². The zero-order valence-corrected chi connectivity index (χ0v) is 6.53. The molecule has 2 aliphatic heterocycles.